The van der Waals surface area contributed by atoms with E-state index in [0.717, 1.165) is 17.3 Å². The number of nitrogens with zero attached hydrogens (tertiary/aromatic N) is 1. The topological polar surface area (TPSA) is 52.0 Å². The summed E-state index contributed by atoms with van der Waals surface area (Å²) in [5, 5.41) is 0. The maximum absolute atomic E-state index is 5.69. The molecule has 0 radical (unpaired) electrons. The highest BCUT2D eigenvalue weighted by atomic mass is 16.4. The van der Waals surface area contributed by atoms with Gasteiger partial charge in [-0.05, 0) is 18.8 Å². The van der Waals surface area contributed by atoms with Gasteiger partial charge in [0.1, 0.15) is 5.76 Å². The molecule has 2 rings (SSSR count). The number of hydrogen-bond acceptors (Lipinski definition) is 3. The van der Waals surface area contributed by atoms with Gasteiger partial charge >= 0.3 is 0 Å². The lowest BCUT2D eigenvalue weighted by Crippen LogP contribution is -2.09. The van der Waals surface area contributed by atoms with Gasteiger partial charge in [0.05, 0.1) is 12.2 Å². The van der Waals surface area contributed by atoms with Crippen LogP contribution in [0.2, 0.25) is 0 Å². The summed E-state index contributed by atoms with van der Waals surface area (Å²) in [5.74, 6) is 2.77. The van der Waals surface area contributed by atoms with E-state index >= 15 is 0 Å². The first-order valence-corrected chi connectivity index (χ1v) is 5.42. The van der Waals surface area contributed by atoms with Crippen molar-refractivity contribution in [2.24, 2.45) is 5.73 Å². The van der Waals surface area contributed by atoms with Crippen molar-refractivity contribution in [3.63, 3.8) is 0 Å². The molecule has 0 spiro atoms. The Morgan fingerprint density at radius 1 is 1.50 bits per heavy atom. The first-order valence-electron chi connectivity index (χ1n) is 5.42. The summed E-state index contributed by atoms with van der Waals surface area (Å²) in [6, 6.07) is 0. The standard InChI is InChI=1S/C11H18N2O/c1-7(2)10-9(6-12)14-11(13-10)8-4-3-5-8/h7-8H,3-6,12H2,1-2H3. The summed E-state index contributed by atoms with van der Waals surface area (Å²) in [7, 11) is 0. The molecule has 14 heavy (non-hydrogen) atoms. The van der Waals surface area contributed by atoms with E-state index in [1.807, 2.05) is 0 Å². The molecule has 1 heterocycles. The van der Waals surface area contributed by atoms with E-state index in [1.54, 1.807) is 0 Å². The summed E-state index contributed by atoms with van der Waals surface area (Å²) >= 11 is 0. The van der Waals surface area contributed by atoms with Crippen LogP contribution >= 0.6 is 0 Å². The number of hydrogen-bond donors (Lipinski definition) is 1. The molecule has 1 aromatic rings. The van der Waals surface area contributed by atoms with Crippen LogP contribution < -0.4 is 5.73 Å². The van der Waals surface area contributed by atoms with E-state index in [9.17, 15) is 0 Å². The molecule has 0 aliphatic heterocycles. The lowest BCUT2D eigenvalue weighted by Gasteiger charge is -2.21. The second-order valence-electron chi connectivity index (χ2n) is 4.35. The summed E-state index contributed by atoms with van der Waals surface area (Å²) in [6.07, 6.45) is 3.76. The van der Waals surface area contributed by atoms with Gasteiger partial charge in [-0.15, -0.1) is 0 Å². The van der Waals surface area contributed by atoms with E-state index in [0.29, 0.717) is 18.4 Å². The molecule has 2 N–H and O–H groups in total. The van der Waals surface area contributed by atoms with Gasteiger partial charge in [0, 0.05) is 5.92 Å². The normalized spacial score (nSPS) is 17.4. The van der Waals surface area contributed by atoms with Gasteiger partial charge in [-0.3, -0.25) is 0 Å². The second kappa shape index (κ2) is 3.73. The van der Waals surface area contributed by atoms with Gasteiger partial charge in [-0.2, -0.15) is 0 Å². The lowest BCUT2D eigenvalue weighted by molar-refractivity contribution is 0.325. The predicted molar refractivity (Wildman–Crippen MR) is 55.1 cm³/mol. The molecule has 1 aliphatic carbocycles. The van der Waals surface area contributed by atoms with E-state index in [-0.39, 0.29) is 0 Å². The highest BCUT2D eigenvalue weighted by Crippen LogP contribution is 2.37. The van der Waals surface area contributed by atoms with Gasteiger partial charge < -0.3 is 10.2 Å². The minimum Gasteiger partial charge on any atom is -0.444 e. The molecule has 0 unspecified atom stereocenters. The SMILES string of the molecule is CC(C)c1nc(C2CCC2)oc1CN. The molecule has 0 bridgehead atoms. The van der Waals surface area contributed by atoms with Crippen LogP contribution in [0.3, 0.4) is 0 Å². The van der Waals surface area contributed by atoms with Crippen molar-refractivity contribution in [2.75, 3.05) is 0 Å². The molecular weight excluding hydrogens is 176 g/mol. The maximum atomic E-state index is 5.69. The zero-order valence-electron chi connectivity index (χ0n) is 8.92. The average Bonchev–Trinajstić information content (AvgIpc) is 2.45. The van der Waals surface area contributed by atoms with Crippen molar-refractivity contribution in [1.82, 2.24) is 4.98 Å². The molecule has 0 aromatic carbocycles. The van der Waals surface area contributed by atoms with Crippen LogP contribution in [0, 0.1) is 0 Å². The van der Waals surface area contributed by atoms with E-state index in [2.05, 4.69) is 18.8 Å². The van der Waals surface area contributed by atoms with Crippen LogP contribution in [0.1, 0.15) is 62.3 Å². The maximum Gasteiger partial charge on any atom is 0.197 e. The summed E-state index contributed by atoms with van der Waals surface area (Å²) < 4.78 is 5.69. The van der Waals surface area contributed by atoms with Crippen molar-refractivity contribution in [1.29, 1.82) is 0 Å². The van der Waals surface area contributed by atoms with Crippen LogP contribution in [-0.4, -0.2) is 4.98 Å². The second-order valence-corrected chi connectivity index (χ2v) is 4.35. The Hall–Kier alpha value is -0.830. The van der Waals surface area contributed by atoms with Crippen molar-refractivity contribution in [3.8, 4) is 0 Å². The summed E-state index contributed by atoms with van der Waals surface area (Å²) in [5.41, 5.74) is 6.68. The third kappa shape index (κ3) is 1.57. The largest absolute Gasteiger partial charge is 0.444 e. The lowest BCUT2D eigenvalue weighted by atomic mass is 9.85. The first kappa shape index (κ1) is 9.71. The van der Waals surface area contributed by atoms with Gasteiger partial charge in [-0.25, -0.2) is 4.98 Å². The molecule has 0 amide bonds. The Kier molecular flexibility index (Phi) is 2.59. The van der Waals surface area contributed by atoms with Crippen molar-refractivity contribution >= 4 is 0 Å². The van der Waals surface area contributed by atoms with Crippen molar-refractivity contribution in [3.05, 3.63) is 17.3 Å². The molecule has 1 aliphatic rings. The van der Waals surface area contributed by atoms with Crippen LogP contribution in [0.5, 0.6) is 0 Å². The van der Waals surface area contributed by atoms with Crippen LogP contribution in [0.25, 0.3) is 0 Å². The molecule has 0 saturated heterocycles. The summed E-state index contributed by atoms with van der Waals surface area (Å²) in [6.45, 7) is 4.72. The van der Waals surface area contributed by atoms with Gasteiger partial charge in [0.25, 0.3) is 0 Å². The van der Waals surface area contributed by atoms with Crippen LogP contribution in [-0.2, 0) is 6.54 Å². The molecule has 0 atom stereocenters. The molecule has 1 saturated carbocycles. The number of aromatic nitrogens is 1. The average molecular weight is 194 g/mol. The van der Waals surface area contributed by atoms with Crippen LogP contribution in [0.15, 0.2) is 4.42 Å². The zero-order valence-corrected chi connectivity index (χ0v) is 8.92. The highest BCUT2D eigenvalue weighted by molar-refractivity contribution is 5.16. The zero-order chi connectivity index (χ0) is 10.1. The Labute approximate surface area is 84.7 Å². The highest BCUT2D eigenvalue weighted by Gasteiger charge is 2.26. The van der Waals surface area contributed by atoms with E-state index < -0.39 is 0 Å². The number of nitrogens with two attached hydrogens (primary N) is 1. The molecule has 78 valence electrons. The quantitative estimate of drug-likeness (QED) is 0.804. The van der Waals surface area contributed by atoms with E-state index in [1.165, 1.54) is 19.3 Å². The van der Waals surface area contributed by atoms with Gasteiger partial charge in [-0.1, -0.05) is 20.3 Å². The Bertz CT molecular complexity index is 313. The Balaban J connectivity index is 2.25. The number of rotatable bonds is 3. The third-order valence-corrected chi connectivity index (χ3v) is 2.93. The smallest absolute Gasteiger partial charge is 0.197 e. The fourth-order valence-electron chi connectivity index (χ4n) is 1.81. The predicted octanol–water partition coefficient (Wildman–Crippen LogP) is 2.52. The molecule has 1 fully saturated rings. The van der Waals surface area contributed by atoms with Crippen LogP contribution in [0.4, 0.5) is 0 Å². The first-order chi connectivity index (χ1) is 6.72. The molecule has 3 nitrogen and oxygen atoms in total. The summed E-state index contributed by atoms with van der Waals surface area (Å²) in [4.78, 5) is 4.56. The fourth-order valence-corrected chi connectivity index (χ4v) is 1.81. The Morgan fingerprint density at radius 3 is 2.57 bits per heavy atom. The van der Waals surface area contributed by atoms with Crippen molar-refractivity contribution in [2.45, 2.75) is 51.5 Å². The minimum atomic E-state index is 0.408. The number of oxazole rings is 1. The van der Waals surface area contributed by atoms with E-state index in [4.69, 9.17) is 10.2 Å². The molecular formula is C11H18N2O. The monoisotopic (exact) mass is 194 g/mol. The van der Waals surface area contributed by atoms with Gasteiger partial charge in [0.15, 0.2) is 5.89 Å². The third-order valence-electron chi connectivity index (χ3n) is 2.93. The molecule has 3 heteroatoms. The van der Waals surface area contributed by atoms with Gasteiger partial charge in [0.2, 0.25) is 0 Å². The minimum absolute atomic E-state index is 0.408. The Morgan fingerprint density at radius 2 is 2.21 bits per heavy atom. The fraction of sp³-hybridized carbons (Fsp3) is 0.727. The van der Waals surface area contributed by atoms with Crippen molar-refractivity contribution < 1.29 is 4.42 Å². The molecule has 1 aromatic heterocycles.